The van der Waals surface area contributed by atoms with Crippen LogP contribution in [0.5, 0.6) is 0 Å². The zero-order chi connectivity index (χ0) is 9.80. The molecule has 1 N–H and O–H groups in total. The third kappa shape index (κ3) is 2.88. The van der Waals surface area contributed by atoms with Crippen molar-refractivity contribution in [1.82, 2.24) is 10.2 Å². The van der Waals surface area contributed by atoms with Crippen molar-refractivity contribution < 1.29 is 0 Å². The van der Waals surface area contributed by atoms with Crippen LogP contribution in [-0.4, -0.2) is 48.6 Å². The smallest absolute Gasteiger partial charge is 0.0166 e. The van der Waals surface area contributed by atoms with E-state index in [0.29, 0.717) is 0 Å². The van der Waals surface area contributed by atoms with Gasteiger partial charge in [-0.25, -0.2) is 0 Å². The first kappa shape index (κ1) is 10.8. The van der Waals surface area contributed by atoms with Crippen molar-refractivity contribution in [3.05, 3.63) is 0 Å². The molecule has 2 fully saturated rings. The molecule has 82 valence electrons. The molecule has 2 aliphatic heterocycles. The molecule has 2 nitrogen and oxygen atoms in total. The topological polar surface area (TPSA) is 15.3 Å². The first-order valence-corrected chi connectivity index (χ1v) is 7.03. The van der Waals surface area contributed by atoms with Crippen LogP contribution in [0.3, 0.4) is 0 Å². The monoisotopic (exact) mass is 214 g/mol. The Morgan fingerprint density at radius 2 is 2.36 bits per heavy atom. The van der Waals surface area contributed by atoms with Crippen molar-refractivity contribution in [2.24, 2.45) is 0 Å². The summed E-state index contributed by atoms with van der Waals surface area (Å²) in [5.41, 5.74) is 0. The summed E-state index contributed by atoms with van der Waals surface area (Å²) in [5.74, 6) is 2.70. The lowest BCUT2D eigenvalue weighted by Gasteiger charge is -2.20. The summed E-state index contributed by atoms with van der Waals surface area (Å²) in [7, 11) is 2.27. The molecule has 0 unspecified atom stereocenters. The highest BCUT2D eigenvalue weighted by molar-refractivity contribution is 7.99. The molecule has 3 heteroatoms. The minimum absolute atomic E-state index is 0.812. The highest BCUT2D eigenvalue weighted by Gasteiger charge is 2.21. The maximum atomic E-state index is 3.68. The molecule has 0 aromatic heterocycles. The van der Waals surface area contributed by atoms with Crippen molar-refractivity contribution in [3.63, 3.8) is 0 Å². The Morgan fingerprint density at radius 3 is 3.00 bits per heavy atom. The SMILES string of the molecule is CN1CCC[C@H]1CCN[C@H]1CCSC1. The number of hydrogen-bond acceptors (Lipinski definition) is 3. The molecular weight excluding hydrogens is 192 g/mol. The number of nitrogens with one attached hydrogen (secondary N) is 1. The van der Waals surface area contributed by atoms with Crippen molar-refractivity contribution in [3.8, 4) is 0 Å². The molecule has 0 aliphatic carbocycles. The van der Waals surface area contributed by atoms with Gasteiger partial charge in [0.1, 0.15) is 0 Å². The van der Waals surface area contributed by atoms with Gasteiger partial charge in [0.2, 0.25) is 0 Å². The highest BCUT2D eigenvalue weighted by atomic mass is 32.2. The van der Waals surface area contributed by atoms with E-state index in [9.17, 15) is 0 Å². The first-order chi connectivity index (χ1) is 6.86. The largest absolute Gasteiger partial charge is 0.313 e. The minimum atomic E-state index is 0.812. The Labute approximate surface area is 91.8 Å². The lowest BCUT2D eigenvalue weighted by molar-refractivity contribution is 0.291. The summed E-state index contributed by atoms with van der Waals surface area (Å²) in [6.07, 6.45) is 5.54. The lowest BCUT2D eigenvalue weighted by atomic mass is 10.1. The van der Waals surface area contributed by atoms with Gasteiger partial charge in [-0.2, -0.15) is 11.8 Å². The third-order valence-corrected chi connectivity index (χ3v) is 4.67. The molecule has 2 rings (SSSR count). The fraction of sp³-hybridized carbons (Fsp3) is 1.00. The van der Waals surface area contributed by atoms with Crippen molar-refractivity contribution in [2.45, 2.75) is 37.8 Å². The van der Waals surface area contributed by atoms with Crippen LogP contribution in [0.4, 0.5) is 0 Å². The van der Waals surface area contributed by atoms with Crippen LogP contribution in [0.25, 0.3) is 0 Å². The fourth-order valence-corrected chi connectivity index (χ4v) is 3.68. The van der Waals surface area contributed by atoms with Gasteiger partial charge in [0, 0.05) is 17.8 Å². The van der Waals surface area contributed by atoms with Crippen LogP contribution in [0.2, 0.25) is 0 Å². The van der Waals surface area contributed by atoms with Crippen LogP contribution < -0.4 is 5.32 Å². The van der Waals surface area contributed by atoms with Crippen LogP contribution in [0.15, 0.2) is 0 Å². The second kappa shape index (κ2) is 5.38. The number of rotatable bonds is 4. The lowest BCUT2D eigenvalue weighted by Crippen LogP contribution is -2.34. The van der Waals surface area contributed by atoms with Gasteiger partial charge in [0.15, 0.2) is 0 Å². The van der Waals surface area contributed by atoms with Crippen molar-refractivity contribution in [2.75, 3.05) is 31.6 Å². The molecule has 0 bridgehead atoms. The zero-order valence-electron chi connectivity index (χ0n) is 9.17. The van der Waals surface area contributed by atoms with E-state index in [1.165, 1.54) is 50.3 Å². The number of thioether (sulfide) groups is 1. The molecule has 0 aromatic carbocycles. The number of nitrogens with zero attached hydrogens (tertiary/aromatic N) is 1. The van der Waals surface area contributed by atoms with E-state index in [-0.39, 0.29) is 0 Å². The molecule has 0 spiro atoms. The molecule has 14 heavy (non-hydrogen) atoms. The van der Waals surface area contributed by atoms with Crippen LogP contribution >= 0.6 is 11.8 Å². The third-order valence-electron chi connectivity index (χ3n) is 3.51. The fourth-order valence-electron chi connectivity index (χ4n) is 2.49. The predicted molar refractivity (Wildman–Crippen MR) is 64.0 cm³/mol. The summed E-state index contributed by atoms with van der Waals surface area (Å²) in [4.78, 5) is 2.52. The Kier molecular flexibility index (Phi) is 4.14. The van der Waals surface area contributed by atoms with Gasteiger partial charge in [0.05, 0.1) is 0 Å². The first-order valence-electron chi connectivity index (χ1n) is 5.87. The summed E-state index contributed by atoms with van der Waals surface area (Å²) in [5, 5.41) is 3.68. The van der Waals surface area contributed by atoms with Gasteiger partial charge < -0.3 is 10.2 Å². The van der Waals surface area contributed by atoms with Gasteiger partial charge in [-0.1, -0.05) is 0 Å². The number of hydrogen-bond donors (Lipinski definition) is 1. The number of likely N-dealkylation sites (tertiary alicyclic amines) is 1. The Balaban J connectivity index is 1.57. The molecular formula is C11H22N2S. The van der Waals surface area contributed by atoms with Crippen LogP contribution in [0.1, 0.15) is 25.7 Å². The van der Waals surface area contributed by atoms with Crippen LogP contribution in [-0.2, 0) is 0 Å². The summed E-state index contributed by atoms with van der Waals surface area (Å²) in [6.45, 7) is 2.53. The second-order valence-electron chi connectivity index (χ2n) is 4.58. The van der Waals surface area contributed by atoms with Gasteiger partial charge in [-0.05, 0) is 51.6 Å². The van der Waals surface area contributed by atoms with Gasteiger partial charge in [0.25, 0.3) is 0 Å². The molecule has 0 amide bonds. The van der Waals surface area contributed by atoms with Gasteiger partial charge >= 0.3 is 0 Å². The van der Waals surface area contributed by atoms with E-state index in [4.69, 9.17) is 0 Å². The van der Waals surface area contributed by atoms with Crippen molar-refractivity contribution >= 4 is 11.8 Å². The Hall–Kier alpha value is 0.270. The molecule has 2 atom stereocenters. The second-order valence-corrected chi connectivity index (χ2v) is 5.73. The highest BCUT2D eigenvalue weighted by Crippen LogP contribution is 2.19. The summed E-state index contributed by atoms with van der Waals surface area (Å²) < 4.78 is 0. The van der Waals surface area contributed by atoms with E-state index < -0.39 is 0 Å². The van der Waals surface area contributed by atoms with E-state index in [1.807, 2.05) is 0 Å². The van der Waals surface area contributed by atoms with Gasteiger partial charge in [-0.3, -0.25) is 0 Å². The van der Waals surface area contributed by atoms with Gasteiger partial charge in [-0.15, -0.1) is 0 Å². The molecule has 0 radical (unpaired) electrons. The average Bonchev–Trinajstić information content (AvgIpc) is 2.78. The summed E-state index contributed by atoms with van der Waals surface area (Å²) >= 11 is 2.09. The van der Waals surface area contributed by atoms with E-state index in [0.717, 1.165) is 12.1 Å². The molecule has 2 heterocycles. The average molecular weight is 214 g/mol. The molecule has 2 saturated heterocycles. The quantitative estimate of drug-likeness (QED) is 0.765. The van der Waals surface area contributed by atoms with E-state index in [1.54, 1.807) is 0 Å². The molecule has 2 aliphatic rings. The van der Waals surface area contributed by atoms with Crippen molar-refractivity contribution in [1.29, 1.82) is 0 Å². The normalized spacial score (nSPS) is 34.1. The Morgan fingerprint density at radius 1 is 1.43 bits per heavy atom. The maximum absolute atomic E-state index is 3.68. The maximum Gasteiger partial charge on any atom is 0.0166 e. The minimum Gasteiger partial charge on any atom is -0.313 e. The zero-order valence-corrected chi connectivity index (χ0v) is 9.98. The molecule has 0 aromatic rings. The van der Waals surface area contributed by atoms with E-state index in [2.05, 4.69) is 29.0 Å². The molecule has 0 saturated carbocycles. The van der Waals surface area contributed by atoms with Crippen LogP contribution in [0, 0.1) is 0 Å². The van der Waals surface area contributed by atoms with E-state index >= 15 is 0 Å². The Bertz CT molecular complexity index is 169. The summed E-state index contributed by atoms with van der Waals surface area (Å²) in [6, 6.07) is 1.67. The standard InChI is InChI=1S/C11H22N2S/c1-13-7-2-3-11(13)4-6-12-10-5-8-14-9-10/h10-12H,2-9H2,1H3/t10-,11-/m0/s1. The predicted octanol–water partition coefficient (Wildman–Crippen LogP) is 1.57.